The number of benzene rings is 3. The average Bonchev–Trinajstić information content (AvgIpc) is 2.75. The molecule has 2 amide bonds. The van der Waals surface area contributed by atoms with Crippen LogP contribution in [0, 0.1) is 0 Å². The highest BCUT2D eigenvalue weighted by Crippen LogP contribution is 2.26. The second-order valence-corrected chi connectivity index (χ2v) is 7.08. The Kier molecular flexibility index (Phi) is 5.56. The minimum Gasteiger partial charge on any atom is -0.359 e. The molecule has 0 aliphatic carbocycles. The van der Waals surface area contributed by atoms with E-state index in [1.165, 1.54) is 0 Å². The van der Waals surface area contributed by atoms with Gasteiger partial charge in [-0.15, -0.1) is 0 Å². The number of carbonyl (C=O) groups excluding carboxylic acids is 2. The summed E-state index contributed by atoms with van der Waals surface area (Å²) < 4.78 is 0. The summed E-state index contributed by atoms with van der Waals surface area (Å²) in [6.07, 6.45) is 0.296. The van der Waals surface area contributed by atoms with Gasteiger partial charge in [0.25, 0.3) is 0 Å². The summed E-state index contributed by atoms with van der Waals surface area (Å²) in [5.41, 5.74) is 4.84. The number of amides is 2. The summed E-state index contributed by atoms with van der Waals surface area (Å²) in [5.74, 6) is -0.0812. The van der Waals surface area contributed by atoms with E-state index in [1.54, 1.807) is 0 Å². The van der Waals surface area contributed by atoms with E-state index < -0.39 is 0 Å². The Morgan fingerprint density at radius 2 is 1.59 bits per heavy atom. The van der Waals surface area contributed by atoms with Crippen LogP contribution in [0.2, 0.25) is 0 Å². The molecule has 4 rings (SSSR count). The number of rotatable bonds is 5. The van der Waals surface area contributed by atoms with Crippen molar-refractivity contribution in [3.05, 3.63) is 84.4 Å². The zero-order chi connectivity index (χ0) is 20.1. The molecule has 146 valence electrons. The van der Waals surface area contributed by atoms with Gasteiger partial charge in [0.1, 0.15) is 0 Å². The smallest absolute Gasteiger partial charge is 0.239 e. The molecule has 3 aromatic rings. The minimum atomic E-state index is -0.0774. The van der Waals surface area contributed by atoms with Crippen LogP contribution in [0.15, 0.2) is 78.9 Å². The lowest BCUT2D eigenvalue weighted by atomic mass is 10.0. The molecule has 1 saturated heterocycles. The van der Waals surface area contributed by atoms with Crippen molar-refractivity contribution in [2.45, 2.75) is 6.42 Å². The van der Waals surface area contributed by atoms with Crippen molar-refractivity contribution in [3.63, 3.8) is 0 Å². The summed E-state index contributed by atoms with van der Waals surface area (Å²) in [6.45, 7) is 1.63. The first-order valence-corrected chi connectivity index (χ1v) is 9.74. The number of para-hydroxylation sites is 2. The van der Waals surface area contributed by atoms with Gasteiger partial charge in [-0.1, -0.05) is 66.7 Å². The SMILES string of the molecule is O=C1CN(c2ccccc2NC(=O)Cc2ccc(-c3ccccc3)cc2)CCN1. The Labute approximate surface area is 170 Å². The Bertz CT molecular complexity index is 1000. The van der Waals surface area contributed by atoms with E-state index in [2.05, 4.69) is 22.8 Å². The van der Waals surface area contributed by atoms with Gasteiger partial charge in [-0.05, 0) is 28.8 Å². The molecule has 0 radical (unpaired) electrons. The summed E-state index contributed by atoms with van der Waals surface area (Å²) in [7, 11) is 0. The first-order chi connectivity index (χ1) is 14.2. The molecule has 1 aliphatic heterocycles. The second kappa shape index (κ2) is 8.61. The lowest BCUT2D eigenvalue weighted by Crippen LogP contribution is -2.47. The van der Waals surface area contributed by atoms with Crippen molar-refractivity contribution >= 4 is 23.2 Å². The maximum atomic E-state index is 12.6. The van der Waals surface area contributed by atoms with Crippen LogP contribution in [0.25, 0.3) is 11.1 Å². The Hall–Kier alpha value is -3.60. The molecule has 5 heteroatoms. The van der Waals surface area contributed by atoms with Crippen LogP contribution < -0.4 is 15.5 Å². The van der Waals surface area contributed by atoms with E-state index in [-0.39, 0.29) is 11.8 Å². The number of anilines is 2. The summed E-state index contributed by atoms with van der Waals surface area (Å²) in [5, 5.41) is 5.83. The number of nitrogens with one attached hydrogen (secondary N) is 2. The van der Waals surface area contributed by atoms with Crippen LogP contribution in [0.3, 0.4) is 0 Å². The van der Waals surface area contributed by atoms with Gasteiger partial charge in [0, 0.05) is 13.1 Å². The molecule has 0 bridgehead atoms. The normalized spacial score (nSPS) is 13.7. The first kappa shape index (κ1) is 18.7. The predicted octanol–water partition coefficient (Wildman–Crippen LogP) is 3.47. The number of nitrogens with zero attached hydrogens (tertiary/aromatic N) is 1. The molecular formula is C24H23N3O2. The van der Waals surface area contributed by atoms with Gasteiger partial charge >= 0.3 is 0 Å². The molecule has 0 unspecified atom stereocenters. The fraction of sp³-hybridized carbons (Fsp3) is 0.167. The number of carbonyl (C=O) groups is 2. The van der Waals surface area contributed by atoms with Crippen molar-refractivity contribution in [3.8, 4) is 11.1 Å². The van der Waals surface area contributed by atoms with E-state index in [1.807, 2.05) is 71.6 Å². The molecule has 0 atom stereocenters. The van der Waals surface area contributed by atoms with Gasteiger partial charge in [0.05, 0.1) is 24.3 Å². The molecule has 1 fully saturated rings. The van der Waals surface area contributed by atoms with Crippen LogP contribution >= 0.6 is 0 Å². The Balaban J connectivity index is 1.43. The highest BCUT2D eigenvalue weighted by atomic mass is 16.2. The molecule has 3 aromatic carbocycles. The molecule has 1 aliphatic rings. The first-order valence-electron chi connectivity index (χ1n) is 9.74. The summed E-state index contributed by atoms with van der Waals surface area (Å²) in [6, 6.07) is 25.8. The minimum absolute atomic E-state index is 0.00381. The van der Waals surface area contributed by atoms with Crippen molar-refractivity contribution in [1.29, 1.82) is 0 Å². The molecule has 0 aromatic heterocycles. The van der Waals surface area contributed by atoms with Gasteiger partial charge in [-0.3, -0.25) is 9.59 Å². The molecule has 29 heavy (non-hydrogen) atoms. The quantitative estimate of drug-likeness (QED) is 0.707. The summed E-state index contributed by atoms with van der Waals surface area (Å²) in [4.78, 5) is 26.3. The fourth-order valence-corrected chi connectivity index (χ4v) is 3.52. The molecular weight excluding hydrogens is 362 g/mol. The van der Waals surface area contributed by atoms with E-state index >= 15 is 0 Å². The lowest BCUT2D eigenvalue weighted by molar-refractivity contribution is -0.120. The van der Waals surface area contributed by atoms with E-state index in [0.717, 1.165) is 34.6 Å². The van der Waals surface area contributed by atoms with E-state index in [4.69, 9.17) is 0 Å². The number of hydrogen-bond donors (Lipinski definition) is 2. The van der Waals surface area contributed by atoms with Crippen molar-refractivity contribution in [2.24, 2.45) is 0 Å². The zero-order valence-corrected chi connectivity index (χ0v) is 16.1. The second-order valence-electron chi connectivity index (χ2n) is 7.08. The predicted molar refractivity (Wildman–Crippen MR) is 116 cm³/mol. The standard InChI is InChI=1S/C24H23N3O2/c28-23(16-18-10-12-20(13-11-18)19-6-2-1-3-7-19)26-21-8-4-5-9-22(21)27-15-14-25-24(29)17-27/h1-13H,14-17H2,(H,25,29)(H,26,28). The zero-order valence-electron chi connectivity index (χ0n) is 16.1. The van der Waals surface area contributed by atoms with Crippen LogP contribution in [0.1, 0.15) is 5.56 Å². The molecule has 2 N–H and O–H groups in total. The highest BCUT2D eigenvalue weighted by molar-refractivity contribution is 5.96. The highest BCUT2D eigenvalue weighted by Gasteiger charge is 2.19. The van der Waals surface area contributed by atoms with Crippen molar-refractivity contribution < 1.29 is 9.59 Å². The third-order valence-electron chi connectivity index (χ3n) is 4.98. The van der Waals surface area contributed by atoms with Gasteiger partial charge in [0.15, 0.2) is 0 Å². The van der Waals surface area contributed by atoms with E-state index in [0.29, 0.717) is 19.5 Å². The van der Waals surface area contributed by atoms with Crippen molar-refractivity contribution in [2.75, 3.05) is 29.9 Å². The maximum Gasteiger partial charge on any atom is 0.239 e. The molecule has 0 spiro atoms. The molecule has 5 nitrogen and oxygen atoms in total. The van der Waals surface area contributed by atoms with Crippen LogP contribution in [-0.2, 0) is 16.0 Å². The third-order valence-corrected chi connectivity index (χ3v) is 4.98. The van der Waals surface area contributed by atoms with Gasteiger partial charge in [-0.25, -0.2) is 0 Å². The van der Waals surface area contributed by atoms with Crippen molar-refractivity contribution in [1.82, 2.24) is 5.32 Å². The van der Waals surface area contributed by atoms with Crippen LogP contribution in [0.5, 0.6) is 0 Å². The van der Waals surface area contributed by atoms with Crippen LogP contribution in [0.4, 0.5) is 11.4 Å². The van der Waals surface area contributed by atoms with Gasteiger partial charge < -0.3 is 15.5 Å². The third kappa shape index (κ3) is 4.63. The molecule has 1 heterocycles. The molecule has 0 saturated carbocycles. The van der Waals surface area contributed by atoms with Gasteiger partial charge in [-0.2, -0.15) is 0 Å². The van der Waals surface area contributed by atoms with Crippen LogP contribution in [-0.4, -0.2) is 31.4 Å². The van der Waals surface area contributed by atoms with Gasteiger partial charge in [0.2, 0.25) is 11.8 Å². The lowest BCUT2D eigenvalue weighted by Gasteiger charge is -2.30. The Morgan fingerprint density at radius 3 is 2.34 bits per heavy atom. The monoisotopic (exact) mass is 385 g/mol. The maximum absolute atomic E-state index is 12.6. The van der Waals surface area contributed by atoms with E-state index in [9.17, 15) is 9.59 Å². The largest absolute Gasteiger partial charge is 0.359 e. The number of hydrogen-bond acceptors (Lipinski definition) is 3. The fourth-order valence-electron chi connectivity index (χ4n) is 3.52. The Morgan fingerprint density at radius 1 is 0.897 bits per heavy atom. The topological polar surface area (TPSA) is 61.4 Å². The summed E-state index contributed by atoms with van der Waals surface area (Å²) >= 11 is 0. The number of piperazine rings is 1. The average molecular weight is 385 g/mol.